The molecule has 0 bridgehead atoms. The Morgan fingerprint density at radius 3 is 2.41 bits per heavy atom. The first-order valence-corrected chi connectivity index (χ1v) is 9.03. The minimum absolute atomic E-state index is 0.643. The molecule has 1 atom stereocenters. The highest BCUT2D eigenvalue weighted by atomic mass is 32.2. The topological polar surface area (TPSA) is 26.3 Å². The third-order valence-corrected chi connectivity index (χ3v) is 4.75. The largest absolute Gasteiger partial charge is 0.397 e. The van der Waals surface area contributed by atoms with Gasteiger partial charge in [0.2, 0.25) is 11.1 Å². The van der Waals surface area contributed by atoms with Gasteiger partial charge in [-0.2, -0.15) is 0 Å². The molecular formula is C19H24O2S. The van der Waals surface area contributed by atoms with E-state index in [-0.39, 0.29) is 0 Å². The Bertz CT molecular complexity index is 605. The molecule has 0 aliphatic rings. The minimum atomic E-state index is -1.46. The van der Waals surface area contributed by atoms with Crippen molar-refractivity contribution < 1.29 is 8.39 Å². The lowest BCUT2D eigenvalue weighted by atomic mass is 10.1. The molecule has 2 rings (SSSR count). The zero-order valence-electron chi connectivity index (χ0n) is 13.4. The molecule has 0 aromatic heterocycles. The van der Waals surface area contributed by atoms with E-state index in [0.29, 0.717) is 5.75 Å². The van der Waals surface area contributed by atoms with Crippen molar-refractivity contribution in [2.24, 2.45) is 0 Å². The maximum absolute atomic E-state index is 12.5. The molecule has 0 saturated heterocycles. The van der Waals surface area contributed by atoms with Gasteiger partial charge in [0.05, 0.1) is 4.90 Å². The highest BCUT2D eigenvalue weighted by Crippen LogP contribution is 2.20. The van der Waals surface area contributed by atoms with Crippen LogP contribution in [0.25, 0.3) is 0 Å². The molecule has 3 heteroatoms. The van der Waals surface area contributed by atoms with Crippen molar-refractivity contribution in [3.05, 3.63) is 59.7 Å². The van der Waals surface area contributed by atoms with Crippen molar-refractivity contribution in [1.29, 1.82) is 0 Å². The van der Waals surface area contributed by atoms with Gasteiger partial charge >= 0.3 is 0 Å². The summed E-state index contributed by atoms with van der Waals surface area (Å²) in [6, 6.07) is 15.5. The van der Waals surface area contributed by atoms with Crippen LogP contribution in [0.3, 0.4) is 0 Å². The third kappa shape index (κ3) is 4.99. The molecule has 0 spiro atoms. The van der Waals surface area contributed by atoms with Gasteiger partial charge in [-0.15, -0.1) is 0 Å². The molecule has 22 heavy (non-hydrogen) atoms. The number of aryl methyl sites for hydroxylation is 2. The predicted octanol–water partition coefficient (Wildman–Crippen LogP) is 5.22. The Morgan fingerprint density at radius 2 is 1.68 bits per heavy atom. The van der Waals surface area contributed by atoms with E-state index in [2.05, 4.69) is 13.0 Å². The standard InChI is InChI=1S/C19H24O2S/c1-3-4-5-6-9-17-10-7-8-11-19(17)22(20)21-18-14-12-16(2)13-15-18/h7-8,10-15H,3-6,9H2,1-2H3. The summed E-state index contributed by atoms with van der Waals surface area (Å²) in [5.41, 5.74) is 2.29. The normalized spacial score (nSPS) is 12.1. The van der Waals surface area contributed by atoms with Gasteiger partial charge in [-0.25, -0.2) is 4.21 Å². The molecule has 0 amide bonds. The maximum atomic E-state index is 12.5. The number of rotatable bonds is 8. The van der Waals surface area contributed by atoms with Crippen LogP contribution in [0.5, 0.6) is 5.75 Å². The van der Waals surface area contributed by atoms with Crippen molar-refractivity contribution in [2.75, 3.05) is 0 Å². The Morgan fingerprint density at radius 1 is 0.955 bits per heavy atom. The van der Waals surface area contributed by atoms with Gasteiger partial charge in [-0.05, 0) is 43.5 Å². The molecule has 0 fully saturated rings. The summed E-state index contributed by atoms with van der Waals surface area (Å²) in [4.78, 5) is 0.791. The highest BCUT2D eigenvalue weighted by Gasteiger charge is 2.11. The molecule has 1 unspecified atom stereocenters. The van der Waals surface area contributed by atoms with Crippen LogP contribution in [-0.4, -0.2) is 4.21 Å². The second-order valence-corrected chi connectivity index (χ2v) is 6.63. The van der Waals surface area contributed by atoms with Crippen LogP contribution < -0.4 is 4.18 Å². The SMILES string of the molecule is CCCCCCc1ccccc1S(=O)Oc1ccc(C)cc1. The molecule has 2 nitrogen and oxygen atoms in total. The Kier molecular flexibility index (Phi) is 6.66. The second kappa shape index (κ2) is 8.74. The summed E-state index contributed by atoms with van der Waals surface area (Å²) < 4.78 is 18.1. The van der Waals surface area contributed by atoms with E-state index in [0.717, 1.165) is 28.9 Å². The molecule has 0 aliphatic heterocycles. The third-order valence-electron chi connectivity index (χ3n) is 3.64. The van der Waals surface area contributed by atoms with E-state index >= 15 is 0 Å². The fourth-order valence-electron chi connectivity index (χ4n) is 2.34. The van der Waals surface area contributed by atoms with Crippen LogP contribution in [-0.2, 0) is 17.5 Å². The van der Waals surface area contributed by atoms with Crippen molar-refractivity contribution in [2.45, 2.75) is 50.8 Å². The van der Waals surface area contributed by atoms with Crippen molar-refractivity contribution in [1.82, 2.24) is 0 Å². The average Bonchev–Trinajstić information content (AvgIpc) is 2.54. The smallest absolute Gasteiger partial charge is 0.240 e. The summed E-state index contributed by atoms with van der Waals surface area (Å²) in [7, 11) is 0. The molecule has 0 aliphatic carbocycles. The fraction of sp³-hybridized carbons (Fsp3) is 0.368. The van der Waals surface area contributed by atoms with Gasteiger partial charge in [-0.1, -0.05) is 62.1 Å². The first kappa shape index (κ1) is 16.8. The van der Waals surface area contributed by atoms with E-state index in [1.165, 1.54) is 19.3 Å². The van der Waals surface area contributed by atoms with Gasteiger partial charge in [0.25, 0.3) is 0 Å². The molecule has 0 radical (unpaired) electrons. The van der Waals surface area contributed by atoms with Crippen LogP contribution in [0.1, 0.15) is 43.7 Å². The van der Waals surface area contributed by atoms with Crippen LogP contribution in [0, 0.1) is 6.92 Å². The van der Waals surface area contributed by atoms with Crippen molar-refractivity contribution in [3.63, 3.8) is 0 Å². The van der Waals surface area contributed by atoms with Crippen LogP contribution in [0.15, 0.2) is 53.4 Å². The Balaban J connectivity index is 2.03. The molecule has 0 heterocycles. The zero-order chi connectivity index (χ0) is 15.8. The summed E-state index contributed by atoms with van der Waals surface area (Å²) >= 11 is -1.46. The number of unbranched alkanes of at least 4 members (excludes halogenated alkanes) is 3. The molecule has 0 N–H and O–H groups in total. The maximum Gasteiger partial charge on any atom is 0.240 e. The molecule has 2 aromatic rings. The lowest BCUT2D eigenvalue weighted by Crippen LogP contribution is -2.04. The zero-order valence-corrected chi connectivity index (χ0v) is 14.2. The summed E-state index contributed by atoms with van der Waals surface area (Å²) in [6.07, 6.45) is 5.79. The van der Waals surface area contributed by atoms with Gasteiger partial charge in [0.1, 0.15) is 5.75 Å². The van der Waals surface area contributed by atoms with Gasteiger partial charge < -0.3 is 4.18 Å². The van der Waals surface area contributed by atoms with E-state index in [9.17, 15) is 4.21 Å². The van der Waals surface area contributed by atoms with E-state index in [1.807, 2.05) is 49.4 Å². The average molecular weight is 316 g/mol. The highest BCUT2D eigenvalue weighted by molar-refractivity contribution is 7.80. The van der Waals surface area contributed by atoms with Crippen molar-refractivity contribution >= 4 is 11.1 Å². The second-order valence-electron chi connectivity index (χ2n) is 5.55. The molecule has 118 valence electrons. The van der Waals surface area contributed by atoms with E-state index in [1.54, 1.807) is 0 Å². The summed E-state index contributed by atoms with van der Waals surface area (Å²) in [6.45, 7) is 4.23. The van der Waals surface area contributed by atoms with Crippen LogP contribution in [0.4, 0.5) is 0 Å². The lowest BCUT2D eigenvalue weighted by molar-refractivity contribution is 0.560. The molecule has 2 aromatic carbocycles. The monoisotopic (exact) mass is 316 g/mol. The molecular weight excluding hydrogens is 292 g/mol. The Labute approximate surface area is 136 Å². The van der Waals surface area contributed by atoms with Crippen LogP contribution in [0.2, 0.25) is 0 Å². The van der Waals surface area contributed by atoms with Crippen molar-refractivity contribution in [3.8, 4) is 5.75 Å². The number of hydrogen-bond acceptors (Lipinski definition) is 2. The summed E-state index contributed by atoms with van der Waals surface area (Å²) in [5, 5.41) is 0. The van der Waals surface area contributed by atoms with Gasteiger partial charge in [0.15, 0.2) is 0 Å². The first-order chi connectivity index (χ1) is 10.7. The van der Waals surface area contributed by atoms with E-state index < -0.39 is 11.1 Å². The number of hydrogen-bond donors (Lipinski definition) is 0. The Hall–Kier alpha value is -1.61. The van der Waals surface area contributed by atoms with Crippen LogP contribution >= 0.6 is 0 Å². The number of benzene rings is 2. The summed E-state index contributed by atoms with van der Waals surface area (Å²) in [5.74, 6) is 0.643. The first-order valence-electron chi connectivity index (χ1n) is 7.95. The fourth-order valence-corrected chi connectivity index (χ4v) is 3.29. The predicted molar refractivity (Wildman–Crippen MR) is 92.5 cm³/mol. The van der Waals surface area contributed by atoms with E-state index in [4.69, 9.17) is 4.18 Å². The van der Waals surface area contributed by atoms with Gasteiger partial charge in [-0.3, -0.25) is 0 Å². The van der Waals surface area contributed by atoms with Gasteiger partial charge in [0, 0.05) is 0 Å². The lowest BCUT2D eigenvalue weighted by Gasteiger charge is -2.10. The minimum Gasteiger partial charge on any atom is -0.397 e. The quantitative estimate of drug-likeness (QED) is 0.624. The molecule has 0 saturated carbocycles.